The molecule has 1 aliphatic heterocycles. The highest BCUT2D eigenvalue weighted by Crippen LogP contribution is 2.33. The number of urea groups is 1. The molecule has 2 aromatic rings. The van der Waals surface area contributed by atoms with E-state index in [2.05, 4.69) is 5.32 Å². The SMILES string of the molecule is CCCC1(c2ccccc2)NC(=O)N(CC(=O)c2c(N)n(C)c(=O)n(C)c2=O)C1=O. The van der Waals surface area contributed by atoms with Gasteiger partial charge in [0.2, 0.25) is 0 Å². The van der Waals surface area contributed by atoms with E-state index in [1.54, 1.807) is 30.3 Å². The van der Waals surface area contributed by atoms with Gasteiger partial charge in [0, 0.05) is 14.1 Å². The van der Waals surface area contributed by atoms with E-state index < -0.39 is 46.6 Å². The Bertz CT molecular complexity index is 1150. The third-order valence-electron chi connectivity index (χ3n) is 5.36. The summed E-state index contributed by atoms with van der Waals surface area (Å²) in [7, 11) is 2.54. The minimum Gasteiger partial charge on any atom is -0.384 e. The van der Waals surface area contributed by atoms with E-state index >= 15 is 0 Å². The molecule has 1 aromatic heterocycles. The van der Waals surface area contributed by atoms with Crippen LogP contribution >= 0.6 is 0 Å². The Morgan fingerprint density at radius 1 is 1.07 bits per heavy atom. The Hall–Kier alpha value is -3.69. The number of imide groups is 1. The predicted octanol–water partition coefficient (Wildman–Crippen LogP) is 0.0963. The van der Waals surface area contributed by atoms with Gasteiger partial charge in [-0.15, -0.1) is 0 Å². The van der Waals surface area contributed by atoms with Crippen molar-refractivity contribution in [2.24, 2.45) is 14.1 Å². The van der Waals surface area contributed by atoms with Gasteiger partial charge in [-0.25, -0.2) is 9.59 Å². The van der Waals surface area contributed by atoms with Crippen molar-refractivity contribution in [2.75, 3.05) is 12.3 Å². The van der Waals surface area contributed by atoms with Gasteiger partial charge in [0.15, 0.2) is 5.78 Å². The molecule has 30 heavy (non-hydrogen) atoms. The molecule has 1 aromatic carbocycles. The molecule has 0 saturated carbocycles. The number of carbonyl (C=O) groups is 3. The third-order valence-corrected chi connectivity index (χ3v) is 5.36. The molecule has 0 spiro atoms. The maximum atomic E-state index is 13.3. The molecule has 0 aliphatic carbocycles. The number of Topliss-reactive ketones (excluding diaryl/α,β-unsaturated/α-hetero) is 1. The maximum Gasteiger partial charge on any atom is 0.332 e. The zero-order valence-electron chi connectivity index (χ0n) is 17.0. The summed E-state index contributed by atoms with van der Waals surface area (Å²) in [6.45, 7) is 1.22. The minimum absolute atomic E-state index is 0.317. The number of nitrogens with two attached hydrogens (primary N) is 1. The molecule has 158 valence electrons. The van der Waals surface area contributed by atoms with Crippen LogP contribution in [0.4, 0.5) is 10.6 Å². The van der Waals surface area contributed by atoms with Gasteiger partial charge in [-0.2, -0.15) is 0 Å². The minimum atomic E-state index is -1.28. The molecule has 0 bridgehead atoms. The first-order valence-electron chi connectivity index (χ1n) is 9.44. The van der Waals surface area contributed by atoms with Gasteiger partial charge in [-0.1, -0.05) is 43.7 Å². The normalized spacial score (nSPS) is 18.6. The number of ketones is 1. The average Bonchev–Trinajstić information content (AvgIpc) is 2.97. The number of nitrogen functional groups attached to an aromatic ring is 1. The fraction of sp³-hybridized carbons (Fsp3) is 0.350. The summed E-state index contributed by atoms with van der Waals surface area (Å²) >= 11 is 0. The fourth-order valence-electron chi connectivity index (χ4n) is 3.72. The van der Waals surface area contributed by atoms with Gasteiger partial charge in [0.25, 0.3) is 11.5 Å². The van der Waals surface area contributed by atoms with Gasteiger partial charge in [0.1, 0.15) is 16.9 Å². The highest BCUT2D eigenvalue weighted by molar-refractivity contribution is 6.12. The summed E-state index contributed by atoms with van der Waals surface area (Å²) < 4.78 is 1.71. The van der Waals surface area contributed by atoms with E-state index in [0.29, 0.717) is 18.4 Å². The van der Waals surface area contributed by atoms with Crippen molar-refractivity contribution >= 4 is 23.5 Å². The smallest absolute Gasteiger partial charge is 0.332 e. The molecular formula is C20H23N5O5. The molecule has 10 nitrogen and oxygen atoms in total. The summed E-state index contributed by atoms with van der Waals surface area (Å²) in [4.78, 5) is 64.0. The first-order valence-corrected chi connectivity index (χ1v) is 9.44. The Kier molecular flexibility index (Phi) is 5.34. The van der Waals surface area contributed by atoms with Crippen molar-refractivity contribution in [1.82, 2.24) is 19.4 Å². The lowest BCUT2D eigenvalue weighted by Gasteiger charge is -2.26. The van der Waals surface area contributed by atoms with Crippen molar-refractivity contribution in [3.8, 4) is 0 Å². The lowest BCUT2D eigenvalue weighted by molar-refractivity contribution is -0.131. The summed E-state index contributed by atoms with van der Waals surface area (Å²) in [6, 6.07) is 8.05. The lowest BCUT2D eigenvalue weighted by atomic mass is 9.85. The summed E-state index contributed by atoms with van der Waals surface area (Å²) in [5.74, 6) is -1.72. The van der Waals surface area contributed by atoms with Crippen LogP contribution in [0.3, 0.4) is 0 Å². The number of amides is 3. The third kappa shape index (κ3) is 3.10. The lowest BCUT2D eigenvalue weighted by Crippen LogP contribution is -2.45. The highest BCUT2D eigenvalue weighted by Gasteiger charge is 2.52. The van der Waals surface area contributed by atoms with Crippen molar-refractivity contribution in [3.05, 3.63) is 62.3 Å². The summed E-state index contributed by atoms with van der Waals surface area (Å²) in [6.07, 6.45) is 0.951. The Labute approximate surface area is 171 Å². The molecule has 1 unspecified atom stereocenters. The van der Waals surface area contributed by atoms with Crippen molar-refractivity contribution in [1.29, 1.82) is 0 Å². The number of benzene rings is 1. The van der Waals surface area contributed by atoms with Crippen LogP contribution < -0.4 is 22.3 Å². The zero-order valence-corrected chi connectivity index (χ0v) is 17.0. The fourth-order valence-corrected chi connectivity index (χ4v) is 3.72. The van der Waals surface area contributed by atoms with Gasteiger partial charge in [-0.3, -0.25) is 28.4 Å². The standard InChI is InChI=1S/C20H23N5O5/c1-4-10-20(12-8-6-5-7-9-12)17(28)25(18(29)22-20)11-13(26)14-15(21)23(2)19(30)24(3)16(14)27/h5-9H,4,10-11,21H2,1-3H3,(H,22,29). The van der Waals surface area contributed by atoms with Crippen LogP contribution in [-0.2, 0) is 24.4 Å². The van der Waals surface area contributed by atoms with E-state index in [0.717, 1.165) is 14.0 Å². The Morgan fingerprint density at radius 2 is 1.70 bits per heavy atom. The number of carbonyl (C=O) groups excluding carboxylic acids is 3. The van der Waals surface area contributed by atoms with Crippen LogP contribution in [0.15, 0.2) is 39.9 Å². The van der Waals surface area contributed by atoms with Gasteiger partial charge in [-0.05, 0) is 12.0 Å². The van der Waals surface area contributed by atoms with Gasteiger partial charge < -0.3 is 11.1 Å². The second kappa shape index (κ2) is 7.62. The zero-order chi connectivity index (χ0) is 22.2. The number of hydrogen-bond acceptors (Lipinski definition) is 6. The van der Waals surface area contributed by atoms with E-state index in [1.165, 1.54) is 14.1 Å². The molecule has 1 aliphatic rings. The molecule has 1 saturated heterocycles. The number of rotatable bonds is 6. The summed E-state index contributed by atoms with van der Waals surface area (Å²) in [5, 5.41) is 2.72. The first kappa shape index (κ1) is 21.0. The van der Waals surface area contributed by atoms with E-state index in [-0.39, 0.29) is 5.82 Å². The average molecular weight is 413 g/mol. The quantitative estimate of drug-likeness (QED) is 0.509. The largest absolute Gasteiger partial charge is 0.384 e. The number of nitrogens with one attached hydrogen (secondary N) is 1. The van der Waals surface area contributed by atoms with Crippen molar-refractivity contribution in [3.63, 3.8) is 0 Å². The molecule has 0 radical (unpaired) electrons. The van der Waals surface area contributed by atoms with E-state index in [4.69, 9.17) is 5.73 Å². The molecular weight excluding hydrogens is 390 g/mol. The molecule has 3 amide bonds. The van der Waals surface area contributed by atoms with Crippen LogP contribution in [0.1, 0.15) is 35.7 Å². The molecule has 10 heteroatoms. The van der Waals surface area contributed by atoms with Crippen molar-refractivity contribution in [2.45, 2.75) is 25.3 Å². The van der Waals surface area contributed by atoms with E-state index in [9.17, 15) is 24.0 Å². The van der Waals surface area contributed by atoms with Crippen LogP contribution in [0.25, 0.3) is 0 Å². The van der Waals surface area contributed by atoms with Crippen LogP contribution in [0.5, 0.6) is 0 Å². The Balaban J connectivity index is 2.00. The molecule has 3 N–H and O–H groups in total. The highest BCUT2D eigenvalue weighted by atomic mass is 16.2. The van der Waals surface area contributed by atoms with E-state index in [1.807, 2.05) is 6.92 Å². The molecule has 2 heterocycles. The predicted molar refractivity (Wildman–Crippen MR) is 109 cm³/mol. The van der Waals surface area contributed by atoms with Crippen LogP contribution in [-0.4, -0.2) is 38.3 Å². The Morgan fingerprint density at radius 3 is 2.30 bits per heavy atom. The van der Waals surface area contributed by atoms with Crippen molar-refractivity contribution < 1.29 is 14.4 Å². The van der Waals surface area contributed by atoms with Gasteiger partial charge >= 0.3 is 11.7 Å². The number of hydrogen-bond donors (Lipinski definition) is 2. The second-order valence-electron chi connectivity index (χ2n) is 7.23. The van der Waals surface area contributed by atoms with Crippen LogP contribution in [0.2, 0.25) is 0 Å². The van der Waals surface area contributed by atoms with Crippen LogP contribution in [0, 0.1) is 0 Å². The topological polar surface area (TPSA) is 136 Å². The number of nitrogens with zero attached hydrogens (tertiary/aromatic N) is 3. The number of anilines is 1. The molecule has 1 atom stereocenters. The molecule has 3 rings (SSSR count). The monoisotopic (exact) mass is 413 g/mol. The number of aromatic nitrogens is 2. The molecule has 1 fully saturated rings. The first-order chi connectivity index (χ1) is 14.2. The maximum absolute atomic E-state index is 13.3. The summed E-state index contributed by atoms with van der Waals surface area (Å²) in [5.41, 5.74) is 3.14. The van der Waals surface area contributed by atoms with Gasteiger partial charge in [0.05, 0.1) is 6.54 Å². The second-order valence-corrected chi connectivity index (χ2v) is 7.23.